The summed E-state index contributed by atoms with van der Waals surface area (Å²) < 4.78 is 6.74. The van der Waals surface area contributed by atoms with Crippen molar-refractivity contribution >= 4 is 33.9 Å². The number of para-hydroxylation sites is 1. The van der Waals surface area contributed by atoms with Gasteiger partial charge in [0, 0.05) is 36.3 Å². The summed E-state index contributed by atoms with van der Waals surface area (Å²) in [4.78, 5) is 25.5. The Morgan fingerprint density at radius 3 is 2.79 bits per heavy atom. The van der Waals surface area contributed by atoms with Crippen LogP contribution < -0.4 is 5.32 Å². The minimum atomic E-state index is -0.108. The third-order valence-corrected chi connectivity index (χ3v) is 4.59. The zero-order valence-corrected chi connectivity index (χ0v) is 14.1. The molecule has 0 fully saturated rings. The first-order valence-electron chi connectivity index (χ1n) is 7.62. The molecule has 0 aliphatic carbocycles. The monoisotopic (exact) mass is 342 g/mol. The first kappa shape index (κ1) is 16.4. The van der Waals surface area contributed by atoms with Crippen LogP contribution in [0.15, 0.2) is 48.0 Å². The van der Waals surface area contributed by atoms with Gasteiger partial charge in [-0.1, -0.05) is 24.3 Å². The predicted octanol–water partition coefficient (Wildman–Crippen LogP) is 2.70. The largest absolute Gasteiger partial charge is 0.383 e. The molecule has 5 nitrogen and oxygen atoms in total. The van der Waals surface area contributed by atoms with Gasteiger partial charge < -0.3 is 14.6 Å². The Balaban J connectivity index is 1.89. The van der Waals surface area contributed by atoms with Gasteiger partial charge >= 0.3 is 0 Å². The van der Waals surface area contributed by atoms with Gasteiger partial charge in [0.1, 0.15) is 6.54 Å². The number of methoxy groups -OCH3 is 1. The zero-order chi connectivity index (χ0) is 16.9. The summed E-state index contributed by atoms with van der Waals surface area (Å²) in [6.07, 6.45) is 1.77. The van der Waals surface area contributed by atoms with E-state index in [1.54, 1.807) is 13.3 Å². The van der Waals surface area contributed by atoms with E-state index in [1.807, 2.05) is 46.3 Å². The van der Waals surface area contributed by atoms with Crippen LogP contribution in [-0.4, -0.2) is 36.5 Å². The molecule has 2 heterocycles. The van der Waals surface area contributed by atoms with E-state index in [4.69, 9.17) is 4.74 Å². The van der Waals surface area contributed by atoms with E-state index >= 15 is 0 Å². The molecular weight excluding hydrogens is 324 g/mol. The molecule has 24 heavy (non-hydrogen) atoms. The maximum Gasteiger partial charge on any atom is 0.240 e. The molecule has 3 aromatic rings. The molecule has 0 unspecified atom stereocenters. The fraction of sp³-hybridized carbons (Fsp3) is 0.222. The van der Waals surface area contributed by atoms with Crippen LogP contribution in [0, 0.1) is 0 Å². The van der Waals surface area contributed by atoms with Gasteiger partial charge in [-0.2, -0.15) is 0 Å². The van der Waals surface area contributed by atoms with Crippen LogP contribution in [0.25, 0.3) is 10.9 Å². The van der Waals surface area contributed by atoms with Gasteiger partial charge in [0.2, 0.25) is 11.7 Å². The summed E-state index contributed by atoms with van der Waals surface area (Å²) in [5.74, 6) is -0.123. The zero-order valence-electron chi connectivity index (χ0n) is 13.3. The second-order valence-corrected chi connectivity index (χ2v) is 6.28. The Morgan fingerprint density at radius 1 is 1.21 bits per heavy atom. The molecule has 0 radical (unpaired) electrons. The molecule has 6 heteroatoms. The number of ether oxygens (including phenoxy) is 1. The molecule has 1 amide bonds. The van der Waals surface area contributed by atoms with E-state index in [0.717, 1.165) is 10.9 Å². The highest BCUT2D eigenvalue weighted by molar-refractivity contribution is 7.12. The van der Waals surface area contributed by atoms with Crippen molar-refractivity contribution in [2.45, 2.75) is 6.54 Å². The smallest absolute Gasteiger partial charge is 0.240 e. The van der Waals surface area contributed by atoms with Gasteiger partial charge in [-0.25, -0.2) is 0 Å². The third kappa shape index (κ3) is 3.39. The number of fused-ring (bicyclic) bond motifs is 1. The summed E-state index contributed by atoms with van der Waals surface area (Å²) in [6, 6.07) is 11.3. The number of carbonyl (C=O) groups excluding carboxylic acids is 2. The molecule has 0 saturated carbocycles. The Labute approximate surface area is 143 Å². The maximum atomic E-state index is 12.7. The van der Waals surface area contributed by atoms with E-state index in [2.05, 4.69) is 5.32 Å². The summed E-state index contributed by atoms with van der Waals surface area (Å²) in [5, 5.41) is 5.54. The normalized spacial score (nSPS) is 10.9. The highest BCUT2D eigenvalue weighted by atomic mass is 32.1. The molecule has 1 N–H and O–H groups in total. The molecule has 0 atom stereocenters. The second kappa shape index (κ2) is 7.42. The number of thiophene rings is 1. The van der Waals surface area contributed by atoms with Crippen LogP contribution in [0.3, 0.4) is 0 Å². The first-order valence-corrected chi connectivity index (χ1v) is 8.50. The number of hydrogen-bond acceptors (Lipinski definition) is 4. The summed E-state index contributed by atoms with van der Waals surface area (Å²) in [7, 11) is 1.59. The van der Waals surface area contributed by atoms with Crippen molar-refractivity contribution in [2.24, 2.45) is 0 Å². The maximum absolute atomic E-state index is 12.7. The number of aromatic nitrogens is 1. The lowest BCUT2D eigenvalue weighted by atomic mass is 10.1. The topological polar surface area (TPSA) is 60.3 Å². The number of nitrogens with zero attached hydrogens (tertiary/aromatic N) is 1. The fourth-order valence-electron chi connectivity index (χ4n) is 2.60. The van der Waals surface area contributed by atoms with E-state index < -0.39 is 0 Å². The van der Waals surface area contributed by atoms with Crippen molar-refractivity contribution in [2.75, 3.05) is 20.3 Å². The number of rotatable bonds is 7. The molecule has 1 aromatic carbocycles. The lowest BCUT2D eigenvalue weighted by Gasteiger charge is -2.06. The number of benzene rings is 1. The van der Waals surface area contributed by atoms with Gasteiger partial charge in [0.05, 0.1) is 11.5 Å². The first-order chi connectivity index (χ1) is 11.7. The SMILES string of the molecule is COCCNC(=O)Cn1cc(C(=O)c2cccs2)c2ccccc21. The average Bonchev–Trinajstić information content (AvgIpc) is 3.23. The van der Waals surface area contributed by atoms with E-state index in [-0.39, 0.29) is 18.2 Å². The third-order valence-electron chi connectivity index (χ3n) is 3.72. The van der Waals surface area contributed by atoms with Crippen LogP contribution in [-0.2, 0) is 16.1 Å². The van der Waals surface area contributed by atoms with Crippen LogP contribution in [0.2, 0.25) is 0 Å². The van der Waals surface area contributed by atoms with Gasteiger partial charge in [0.25, 0.3) is 0 Å². The van der Waals surface area contributed by atoms with Crippen molar-refractivity contribution < 1.29 is 14.3 Å². The quantitative estimate of drug-likeness (QED) is 0.530. The standard InChI is InChI=1S/C18H18N2O3S/c1-23-9-8-19-17(21)12-20-11-14(13-5-2-3-6-15(13)20)18(22)16-7-4-10-24-16/h2-7,10-11H,8-9,12H2,1H3,(H,19,21). The highest BCUT2D eigenvalue weighted by Crippen LogP contribution is 2.25. The predicted molar refractivity (Wildman–Crippen MR) is 94.6 cm³/mol. The molecule has 0 aliphatic heterocycles. The van der Waals surface area contributed by atoms with Crippen LogP contribution in [0.4, 0.5) is 0 Å². The Kier molecular flexibility index (Phi) is 5.08. The molecule has 0 aliphatic rings. The van der Waals surface area contributed by atoms with Crippen molar-refractivity contribution in [1.29, 1.82) is 0 Å². The van der Waals surface area contributed by atoms with Crippen LogP contribution >= 0.6 is 11.3 Å². The van der Waals surface area contributed by atoms with E-state index in [1.165, 1.54) is 11.3 Å². The van der Waals surface area contributed by atoms with Crippen molar-refractivity contribution in [1.82, 2.24) is 9.88 Å². The Hall–Kier alpha value is -2.44. The van der Waals surface area contributed by atoms with Gasteiger partial charge in [0.15, 0.2) is 0 Å². The average molecular weight is 342 g/mol. The highest BCUT2D eigenvalue weighted by Gasteiger charge is 2.18. The lowest BCUT2D eigenvalue weighted by molar-refractivity contribution is -0.121. The summed E-state index contributed by atoms with van der Waals surface area (Å²) in [5.41, 5.74) is 1.50. The summed E-state index contributed by atoms with van der Waals surface area (Å²) in [6.45, 7) is 1.11. The van der Waals surface area contributed by atoms with E-state index in [9.17, 15) is 9.59 Å². The lowest BCUT2D eigenvalue weighted by Crippen LogP contribution is -2.30. The Bertz CT molecular complexity index is 852. The number of nitrogens with one attached hydrogen (secondary N) is 1. The minimum absolute atomic E-state index is 0.0141. The molecular formula is C18H18N2O3S. The van der Waals surface area contributed by atoms with Crippen LogP contribution in [0.1, 0.15) is 15.2 Å². The number of carbonyl (C=O) groups is 2. The van der Waals surface area contributed by atoms with Crippen LogP contribution in [0.5, 0.6) is 0 Å². The molecule has 124 valence electrons. The van der Waals surface area contributed by atoms with E-state index in [0.29, 0.717) is 23.6 Å². The number of ketones is 1. The summed E-state index contributed by atoms with van der Waals surface area (Å²) >= 11 is 1.42. The fourth-order valence-corrected chi connectivity index (χ4v) is 3.28. The van der Waals surface area contributed by atoms with Gasteiger partial charge in [-0.05, 0) is 17.5 Å². The minimum Gasteiger partial charge on any atom is -0.383 e. The van der Waals surface area contributed by atoms with Gasteiger partial charge in [-0.15, -0.1) is 11.3 Å². The second-order valence-electron chi connectivity index (χ2n) is 5.34. The van der Waals surface area contributed by atoms with Crippen molar-refractivity contribution in [3.63, 3.8) is 0 Å². The molecule has 0 spiro atoms. The van der Waals surface area contributed by atoms with Gasteiger partial charge in [-0.3, -0.25) is 9.59 Å². The number of hydrogen-bond donors (Lipinski definition) is 1. The number of amides is 1. The molecule has 0 saturated heterocycles. The molecule has 2 aromatic heterocycles. The van der Waals surface area contributed by atoms with Crippen molar-refractivity contribution in [3.05, 3.63) is 58.4 Å². The van der Waals surface area contributed by atoms with Crippen molar-refractivity contribution in [3.8, 4) is 0 Å². The molecule has 3 rings (SSSR count). The molecule has 0 bridgehead atoms. The Morgan fingerprint density at radius 2 is 2.04 bits per heavy atom.